The Labute approximate surface area is 141 Å². The number of unbranched alkanes of at least 4 members (excludes halogenated alkanes) is 2. The third kappa shape index (κ3) is 11.3. The molecule has 0 bridgehead atoms. The number of hydrogen-bond donors (Lipinski definition) is 1. The van der Waals surface area contributed by atoms with E-state index in [9.17, 15) is 0 Å². The van der Waals surface area contributed by atoms with Gasteiger partial charge in [-0.3, -0.25) is 0 Å². The summed E-state index contributed by atoms with van der Waals surface area (Å²) >= 11 is 0. The lowest BCUT2D eigenvalue weighted by Crippen LogP contribution is -2.32. The van der Waals surface area contributed by atoms with Crippen LogP contribution in [0, 0.1) is 0 Å². The summed E-state index contributed by atoms with van der Waals surface area (Å²) in [5, 5.41) is 3.39. The van der Waals surface area contributed by atoms with E-state index in [-0.39, 0.29) is 6.29 Å². The normalized spacial score (nSPS) is 11.3. The maximum atomic E-state index is 5.69. The first-order chi connectivity index (χ1) is 11.4. The Kier molecular flexibility index (Phi) is 12.8. The summed E-state index contributed by atoms with van der Waals surface area (Å²) in [6.45, 7) is 8.78. The SMILES string of the molecule is CCOC(CNCCCCCOCCc1ccccc1)OCC. The number of hydrogen-bond acceptors (Lipinski definition) is 4. The van der Waals surface area contributed by atoms with Crippen molar-refractivity contribution in [1.82, 2.24) is 5.32 Å². The van der Waals surface area contributed by atoms with Gasteiger partial charge < -0.3 is 19.5 Å². The molecule has 0 spiro atoms. The van der Waals surface area contributed by atoms with Crippen LogP contribution in [0.2, 0.25) is 0 Å². The average Bonchev–Trinajstić information content (AvgIpc) is 2.58. The zero-order valence-electron chi connectivity index (χ0n) is 14.8. The highest BCUT2D eigenvalue weighted by atomic mass is 16.7. The van der Waals surface area contributed by atoms with E-state index >= 15 is 0 Å². The van der Waals surface area contributed by atoms with Gasteiger partial charge in [-0.25, -0.2) is 0 Å². The van der Waals surface area contributed by atoms with Crippen LogP contribution in [0.15, 0.2) is 30.3 Å². The molecule has 1 rings (SSSR count). The number of rotatable bonds is 15. The van der Waals surface area contributed by atoms with Crippen LogP contribution < -0.4 is 5.32 Å². The second-order valence-electron chi connectivity index (χ2n) is 5.45. The quantitative estimate of drug-likeness (QED) is 0.397. The van der Waals surface area contributed by atoms with Gasteiger partial charge in [-0.2, -0.15) is 0 Å². The number of nitrogens with one attached hydrogen (secondary N) is 1. The van der Waals surface area contributed by atoms with E-state index in [0.717, 1.165) is 45.6 Å². The molecule has 1 aromatic carbocycles. The Morgan fingerprint density at radius 2 is 1.65 bits per heavy atom. The van der Waals surface area contributed by atoms with Gasteiger partial charge >= 0.3 is 0 Å². The molecule has 0 heterocycles. The summed E-state index contributed by atoms with van der Waals surface area (Å²) in [7, 11) is 0. The highest BCUT2D eigenvalue weighted by Gasteiger charge is 2.06. The first-order valence-corrected chi connectivity index (χ1v) is 8.92. The molecule has 0 amide bonds. The molecule has 0 aromatic heterocycles. The zero-order chi connectivity index (χ0) is 16.6. The standard InChI is InChI=1S/C19H33NO3/c1-3-22-19(23-4-2)17-20-14-9-6-10-15-21-16-13-18-11-7-5-8-12-18/h5,7-8,11-12,19-20H,3-4,6,9-10,13-17H2,1-2H3. The van der Waals surface area contributed by atoms with E-state index < -0.39 is 0 Å². The van der Waals surface area contributed by atoms with Crippen LogP contribution in [0.25, 0.3) is 0 Å². The van der Waals surface area contributed by atoms with E-state index in [1.165, 1.54) is 12.0 Å². The molecule has 23 heavy (non-hydrogen) atoms. The molecule has 0 atom stereocenters. The van der Waals surface area contributed by atoms with Crippen molar-refractivity contribution in [3.8, 4) is 0 Å². The van der Waals surface area contributed by atoms with Gasteiger partial charge in [-0.05, 0) is 51.6 Å². The molecule has 0 saturated heterocycles. The monoisotopic (exact) mass is 323 g/mol. The Bertz CT molecular complexity index is 353. The molecule has 132 valence electrons. The molecule has 0 fully saturated rings. The molecule has 4 nitrogen and oxygen atoms in total. The summed E-state index contributed by atoms with van der Waals surface area (Å²) < 4.78 is 16.7. The molecule has 1 N–H and O–H groups in total. The lowest BCUT2D eigenvalue weighted by molar-refractivity contribution is -0.132. The fraction of sp³-hybridized carbons (Fsp3) is 0.684. The third-order valence-electron chi connectivity index (χ3n) is 3.54. The van der Waals surface area contributed by atoms with Gasteiger partial charge in [0, 0.05) is 26.4 Å². The van der Waals surface area contributed by atoms with Crippen LogP contribution in [0.4, 0.5) is 0 Å². The van der Waals surface area contributed by atoms with Crippen molar-refractivity contribution in [1.29, 1.82) is 0 Å². The molecule has 0 aliphatic heterocycles. The number of benzene rings is 1. The lowest BCUT2D eigenvalue weighted by Gasteiger charge is -2.17. The maximum absolute atomic E-state index is 5.69. The van der Waals surface area contributed by atoms with E-state index in [0.29, 0.717) is 13.2 Å². The van der Waals surface area contributed by atoms with Gasteiger partial charge in [0.15, 0.2) is 6.29 Å². The highest BCUT2D eigenvalue weighted by molar-refractivity contribution is 5.14. The summed E-state index contributed by atoms with van der Waals surface area (Å²) in [6, 6.07) is 10.5. The Balaban J connectivity index is 1.86. The summed E-state index contributed by atoms with van der Waals surface area (Å²) in [5.74, 6) is 0. The van der Waals surface area contributed by atoms with Crippen LogP contribution in [-0.2, 0) is 20.6 Å². The molecule has 0 radical (unpaired) electrons. The van der Waals surface area contributed by atoms with Crippen molar-refractivity contribution in [3.05, 3.63) is 35.9 Å². The second kappa shape index (κ2) is 14.6. The molecular weight excluding hydrogens is 290 g/mol. The minimum absolute atomic E-state index is 0.119. The fourth-order valence-corrected chi connectivity index (χ4v) is 2.33. The van der Waals surface area contributed by atoms with Gasteiger partial charge in [-0.1, -0.05) is 30.3 Å². The van der Waals surface area contributed by atoms with E-state index in [1.54, 1.807) is 0 Å². The van der Waals surface area contributed by atoms with Crippen molar-refractivity contribution in [3.63, 3.8) is 0 Å². The first kappa shape index (κ1) is 20.1. The molecule has 0 unspecified atom stereocenters. The molecular formula is C19H33NO3. The van der Waals surface area contributed by atoms with Crippen molar-refractivity contribution < 1.29 is 14.2 Å². The third-order valence-corrected chi connectivity index (χ3v) is 3.54. The highest BCUT2D eigenvalue weighted by Crippen LogP contribution is 2.01. The first-order valence-electron chi connectivity index (χ1n) is 8.92. The minimum Gasteiger partial charge on any atom is -0.381 e. The van der Waals surface area contributed by atoms with Gasteiger partial charge in [0.2, 0.25) is 0 Å². The van der Waals surface area contributed by atoms with Gasteiger partial charge in [0.05, 0.1) is 6.61 Å². The van der Waals surface area contributed by atoms with E-state index in [2.05, 4.69) is 29.6 Å². The average molecular weight is 323 g/mol. The maximum Gasteiger partial charge on any atom is 0.169 e. The Morgan fingerprint density at radius 3 is 2.35 bits per heavy atom. The number of ether oxygens (including phenoxy) is 3. The van der Waals surface area contributed by atoms with Crippen LogP contribution in [0.3, 0.4) is 0 Å². The van der Waals surface area contributed by atoms with Crippen molar-refractivity contribution in [2.75, 3.05) is 39.5 Å². The minimum atomic E-state index is -0.119. The molecule has 4 heteroatoms. The summed E-state index contributed by atoms with van der Waals surface area (Å²) in [4.78, 5) is 0. The largest absolute Gasteiger partial charge is 0.381 e. The van der Waals surface area contributed by atoms with Crippen molar-refractivity contribution in [2.45, 2.75) is 45.8 Å². The lowest BCUT2D eigenvalue weighted by atomic mass is 10.2. The summed E-state index contributed by atoms with van der Waals surface area (Å²) in [5.41, 5.74) is 1.34. The Morgan fingerprint density at radius 1 is 0.913 bits per heavy atom. The fourth-order valence-electron chi connectivity index (χ4n) is 2.33. The van der Waals surface area contributed by atoms with E-state index in [1.807, 2.05) is 19.9 Å². The smallest absolute Gasteiger partial charge is 0.169 e. The van der Waals surface area contributed by atoms with Crippen LogP contribution >= 0.6 is 0 Å². The van der Waals surface area contributed by atoms with Crippen molar-refractivity contribution >= 4 is 0 Å². The second-order valence-corrected chi connectivity index (χ2v) is 5.45. The van der Waals surface area contributed by atoms with E-state index in [4.69, 9.17) is 14.2 Å². The Hall–Kier alpha value is -0.940. The zero-order valence-corrected chi connectivity index (χ0v) is 14.8. The molecule has 1 aromatic rings. The van der Waals surface area contributed by atoms with Gasteiger partial charge in [0.1, 0.15) is 0 Å². The molecule has 0 saturated carbocycles. The van der Waals surface area contributed by atoms with Crippen LogP contribution in [-0.4, -0.2) is 45.8 Å². The van der Waals surface area contributed by atoms with Crippen LogP contribution in [0.5, 0.6) is 0 Å². The molecule has 0 aliphatic carbocycles. The van der Waals surface area contributed by atoms with Gasteiger partial charge in [-0.15, -0.1) is 0 Å². The topological polar surface area (TPSA) is 39.7 Å². The predicted molar refractivity (Wildman–Crippen MR) is 94.7 cm³/mol. The summed E-state index contributed by atoms with van der Waals surface area (Å²) in [6.07, 6.45) is 4.35. The van der Waals surface area contributed by atoms with Gasteiger partial charge in [0.25, 0.3) is 0 Å². The predicted octanol–water partition coefficient (Wildman–Crippen LogP) is 3.40. The molecule has 0 aliphatic rings. The van der Waals surface area contributed by atoms with Crippen LogP contribution in [0.1, 0.15) is 38.7 Å². The van der Waals surface area contributed by atoms with Crippen molar-refractivity contribution in [2.24, 2.45) is 0 Å².